The summed E-state index contributed by atoms with van der Waals surface area (Å²) in [6.45, 7) is 7.28. The molecule has 4 rings (SSSR count). The highest BCUT2D eigenvalue weighted by atomic mass is 19.1. The van der Waals surface area contributed by atoms with Crippen molar-refractivity contribution in [2.45, 2.75) is 19.9 Å². The Balaban J connectivity index is 1.87. The number of benzene rings is 2. The number of carbonyl (C=O) groups excluding carboxylic acids is 1. The van der Waals surface area contributed by atoms with Crippen LogP contribution in [-0.2, 0) is 0 Å². The van der Waals surface area contributed by atoms with Crippen LogP contribution < -0.4 is 10.3 Å². The number of quaternary nitrogens is 1. The second-order valence-corrected chi connectivity index (χ2v) is 7.33. The summed E-state index contributed by atoms with van der Waals surface area (Å²) in [6.07, 6.45) is 0. The Morgan fingerprint density at radius 2 is 1.83 bits per heavy atom. The lowest BCUT2D eigenvalue weighted by molar-refractivity contribution is -0.895. The molecule has 1 amide bonds. The topological polar surface area (TPSA) is 55.0 Å². The van der Waals surface area contributed by atoms with Crippen molar-refractivity contribution >= 4 is 16.9 Å². The van der Waals surface area contributed by atoms with E-state index < -0.39 is 11.9 Å². The molecule has 0 saturated carbocycles. The van der Waals surface area contributed by atoms with Gasteiger partial charge in [0.2, 0.25) is 5.76 Å². The predicted octanol–water partition coefficient (Wildman–Crippen LogP) is 2.40. The smallest absolute Gasteiger partial charge is 0.291 e. The molecule has 1 aliphatic rings. The van der Waals surface area contributed by atoms with Crippen LogP contribution in [-0.4, -0.2) is 37.0 Å². The SMILES string of the molecule is CC[NH+](CC)CCN1C(=O)c2oc3ccccc3c(=O)c2[C@@H]1c1cccc(F)c1. The van der Waals surface area contributed by atoms with Gasteiger partial charge in [-0.25, -0.2) is 4.39 Å². The highest BCUT2D eigenvalue weighted by Crippen LogP contribution is 2.37. The fourth-order valence-corrected chi connectivity index (χ4v) is 4.10. The zero-order chi connectivity index (χ0) is 20.5. The molecule has 1 aliphatic heterocycles. The number of rotatable bonds is 6. The Morgan fingerprint density at radius 3 is 2.55 bits per heavy atom. The maximum absolute atomic E-state index is 14.0. The van der Waals surface area contributed by atoms with Crippen LogP contribution in [0.1, 0.15) is 41.6 Å². The lowest BCUT2D eigenvalue weighted by atomic mass is 9.98. The van der Waals surface area contributed by atoms with Crippen molar-refractivity contribution in [3.05, 3.63) is 81.5 Å². The summed E-state index contributed by atoms with van der Waals surface area (Å²) in [6, 6.07) is 12.4. The van der Waals surface area contributed by atoms with E-state index in [0.717, 1.165) is 19.6 Å². The van der Waals surface area contributed by atoms with Gasteiger partial charge in [0.25, 0.3) is 5.91 Å². The van der Waals surface area contributed by atoms with Crippen molar-refractivity contribution in [1.29, 1.82) is 0 Å². The Hall–Kier alpha value is -2.99. The Kier molecular flexibility index (Phi) is 5.20. The van der Waals surface area contributed by atoms with E-state index in [4.69, 9.17) is 4.42 Å². The van der Waals surface area contributed by atoms with Gasteiger partial charge in [0.1, 0.15) is 11.4 Å². The molecule has 5 nitrogen and oxygen atoms in total. The molecule has 150 valence electrons. The lowest BCUT2D eigenvalue weighted by Gasteiger charge is -2.26. The van der Waals surface area contributed by atoms with Crippen LogP contribution in [0.4, 0.5) is 4.39 Å². The van der Waals surface area contributed by atoms with Gasteiger partial charge < -0.3 is 14.2 Å². The fraction of sp³-hybridized carbons (Fsp3) is 0.304. The van der Waals surface area contributed by atoms with Crippen molar-refractivity contribution in [2.75, 3.05) is 26.2 Å². The van der Waals surface area contributed by atoms with Gasteiger partial charge in [-0.3, -0.25) is 9.59 Å². The normalized spacial score (nSPS) is 16.1. The largest absolute Gasteiger partial charge is 0.450 e. The Morgan fingerprint density at radius 1 is 1.07 bits per heavy atom. The maximum atomic E-state index is 14.0. The number of likely N-dealkylation sites (N-methyl/N-ethyl adjacent to an activating group) is 1. The van der Waals surface area contributed by atoms with E-state index in [1.807, 2.05) is 0 Å². The zero-order valence-electron chi connectivity index (χ0n) is 16.6. The van der Waals surface area contributed by atoms with Crippen LogP contribution in [0.3, 0.4) is 0 Å². The molecule has 1 aromatic heterocycles. The number of hydrogen-bond acceptors (Lipinski definition) is 3. The predicted molar refractivity (Wildman–Crippen MR) is 109 cm³/mol. The van der Waals surface area contributed by atoms with Crippen LogP contribution >= 0.6 is 0 Å². The second kappa shape index (κ2) is 7.79. The van der Waals surface area contributed by atoms with E-state index in [-0.39, 0.29) is 17.1 Å². The Labute approximate surface area is 168 Å². The first-order valence-corrected chi connectivity index (χ1v) is 10.0. The number of halogens is 1. The third-order valence-corrected chi connectivity index (χ3v) is 5.74. The van der Waals surface area contributed by atoms with Gasteiger partial charge in [-0.05, 0) is 43.7 Å². The molecule has 1 N–H and O–H groups in total. The van der Waals surface area contributed by atoms with Crippen molar-refractivity contribution in [1.82, 2.24) is 4.90 Å². The van der Waals surface area contributed by atoms with E-state index in [1.54, 1.807) is 41.3 Å². The summed E-state index contributed by atoms with van der Waals surface area (Å²) in [7, 11) is 0. The monoisotopic (exact) mass is 395 g/mol. The Bertz CT molecular complexity index is 1120. The molecular weight excluding hydrogens is 371 g/mol. The molecule has 3 aromatic rings. The summed E-state index contributed by atoms with van der Waals surface area (Å²) in [5, 5.41) is 0.427. The number of para-hydroxylation sites is 1. The molecule has 29 heavy (non-hydrogen) atoms. The number of amides is 1. The van der Waals surface area contributed by atoms with Crippen molar-refractivity contribution < 1.29 is 18.5 Å². The quantitative estimate of drug-likeness (QED) is 0.697. The van der Waals surface area contributed by atoms with E-state index in [0.29, 0.717) is 28.6 Å². The molecule has 6 heteroatoms. The third kappa shape index (κ3) is 3.34. The van der Waals surface area contributed by atoms with Crippen LogP contribution in [0.25, 0.3) is 11.0 Å². The maximum Gasteiger partial charge on any atom is 0.291 e. The molecule has 0 unspecified atom stereocenters. The summed E-state index contributed by atoms with van der Waals surface area (Å²) in [4.78, 5) is 29.5. The number of fused-ring (bicyclic) bond motifs is 2. The second-order valence-electron chi connectivity index (χ2n) is 7.33. The molecule has 0 aliphatic carbocycles. The molecule has 0 fully saturated rings. The lowest BCUT2D eigenvalue weighted by Crippen LogP contribution is -3.12. The molecule has 2 heterocycles. The molecule has 0 saturated heterocycles. The minimum Gasteiger partial charge on any atom is -0.450 e. The number of hydrogen-bond donors (Lipinski definition) is 1. The molecule has 1 atom stereocenters. The average molecular weight is 395 g/mol. The summed E-state index contributed by atoms with van der Waals surface area (Å²) in [5.74, 6) is -0.649. The molecule has 0 bridgehead atoms. The van der Waals surface area contributed by atoms with Gasteiger partial charge in [-0.1, -0.05) is 24.3 Å². The van der Waals surface area contributed by atoms with Gasteiger partial charge in [-0.2, -0.15) is 0 Å². The van der Waals surface area contributed by atoms with E-state index in [9.17, 15) is 14.0 Å². The van der Waals surface area contributed by atoms with Crippen molar-refractivity contribution in [3.8, 4) is 0 Å². The summed E-state index contributed by atoms with van der Waals surface area (Å²) in [5.41, 5.74) is 1.03. The standard InChI is InChI=1S/C23H23FN2O3/c1-3-25(4-2)12-13-26-20(15-8-7-9-16(24)14-15)19-21(27)17-10-5-6-11-18(17)29-22(19)23(26)28/h5-11,14,20H,3-4,12-13H2,1-2H3/p+1/t20-/m0/s1. The molecular formula is C23H24FN2O3+. The van der Waals surface area contributed by atoms with Crippen LogP contribution in [0.15, 0.2) is 57.7 Å². The average Bonchev–Trinajstić information content (AvgIpc) is 3.01. The number of nitrogens with zero attached hydrogens (tertiary/aromatic N) is 1. The van der Waals surface area contributed by atoms with E-state index in [2.05, 4.69) is 13.8 Å². The van der Waals surface area contributed by atoms with Crippen molar-refractivity contribution in [3.63, 3.8) is 0 Å². The first-order chi connectivity index (χ1) is 14.0. The highest BCUT2D eigenvalue weighted by molar-refractivity contribution is 5.99. The summed E-state index contributed by atoms with van der Waals surface area (Å²) < 4.78 is 19.9. The van der Waals surface area contributed by atoms with Gasteiger partial charge in [0, 0.05) is 0 Å². The van der Waals surface area contributed by atoms with Gasteiger partial charge >= 0.3 is 0 Å². The van der Waals surface area contributed by atoms with Gasteiger partial charge in [0.05, 0.1) is 43.2 Å². The fourth-order valence-electron chi connectivity index (χ4n) is 4.10. The first-order valence-electron chi connectivity index (χ1n) is 10.0. The molecule has 0 spiro atoms. The van der Waals surface area contributed by atoms with Gasteiger partial charge in [-0.15, -0.1) is 0 Å². The summed E-state index contributed by atoms with van der Waals surface area (Å²) >= 11 is 0. The number of carbonyl (C=O) groups is 1. The minimum absolute atomic E-state index is 0.0671. The molecule has 0 radical (unpaired) electrons. The molecule has 2 aromatic carbocycles. The van der Waals surface area contributed by atoms with E-state index in [1.165, 1.54) is 17.0 Å². The zero-order valence-corrected chi connectivity index (χ0v) is 16.6. The first kappa shape index (κ1) is 19.3. The van der Waals surface area contributed by atoms with Crippen LogP contribution in [0, 0.1) is 5.82 Å². The van der Waals surface area contributed by atoms with E-state index >= 15 is 0 Å². The minimum atomic E-state index is -0.649. The van der Waals surface area contributed by atoms with Gasteiger partial charge in [0.15, 0.2) is 5.43 Å². The number of nitrogens with one attached hydrogen (secondary N) is 1. The highest BCUT2D eigenvalue weighted by Gasteiger charge is 2.43. The van der Waals surface area contributed by atoms with Crippen LogP contribution in [0.5, 0.6) is 0 Å². The third-order valence-electron chi connectivity index (χ3n) is 5.74. The van der Waals surface area contributed by atoms with Crippen molar-refractivity contribution in [2.24, 2.45) is 0 Å². The van der Waals surface area contributed by atoms with Crippen LogP contribution in [0.2, 0.25) is 0 Å².